The Bertz CT molecular complexity index is 864. The van der Waals surface area contributed by atoms with Gasteiger partial charge in [-0.05, 0) is 47.9 Å². The predicted molar refractivity (Wildman–Crippen MR) is 91.1 cm³/mol. The molecule has 1 N–H and O–H groups in total. The number of halogens is 3. The van der Waals surface area contributed by atoms with E-state index in [0.717, 1.165) is 12.1 Å². The van der Waals surface area contributed by atoms with Gasteiger partial charge < -0.3 is 5.32 Å². The average molecular weight is 385 g/mol. The minimum Gasteiger partial charge on any atom is -0.345 e. The fourth-order valence-electron chi connectivity index (χ4n) is 2.43. The number of carbonyl (C=O) groups excluding carboxylic acids is 1. The summed E-state index contributed by atoms with van der Waals surface area (Å²) in [7, 11) is -4.70. The number of amides is 1. The maximum absolute atomic E-state index is 13.1. The Kier molecular flexibility index (Phi) is 6.07. The van der Waals surface area contributed by atoms with Crippen LogP contribution in [0.4, 0.5) is 13.2 Å². The normalized spacial score (nSPS) is 13.0. The second-order valence-corrected chi connectivity index (χ2v) is 7.99. The van der Waals surface area contributed by atoms with Gasteiger partial charge in [0.1, 0.15) is 5.82 Å². The Morgan fingerprint density at radius 2 is 1.50 bits per heavy atom. The molecular weight excluding hydrogens is 367 g/mol. The molecule has 0 saturated carbocycles. The summed E-state index contributed by atoms with van der Waals surface area (Å²) in [5.74, 6) is -4.40. The molecule has 2 aromatic carbocycles. The Balaban J connectivity index is 2.21. The molecule has 2 aromatic rings. The summed E-state index contributed by atoms with van der Waals surface area (Å²) in [6.45, 7) is 3.76. The zero-order valence-electron chi connectivity index (χ0n) is 14.1. The summed E-state index contributed by atoms with van der Waals surface area (Å²) in [5, 5.41) is 2.79. The van der Waals surface area contributed by atoms with Crippen molar-refractivity contribution >= 4 is 15.7 Å². The van der Waals surface area contributed by atoms with Gasteiger partial charge in [0.25, 0.3) is 5.91 Å². The third-order valence-electron chi connectivity index (χ3n) is 3.86. The van der Waals surface area contributed by atoms with Crippen LogP contribution in [0, 0.1) is 11.7 Å². The first-order valence-corrected chi connectivity index (χ1v) is 9.36. The van der Waals surface area contributed by atoms with Crippen LogP contribution in [-0.2, 0) is 9.84 Å². The van der Waals surface area contributed by atoms with Crippen molar-refractivity contribution in [2.45, 2.75) is 30.5 Å². The van der Waals surface area contributed by atoms with Crippen molar-refractivity contribution in [3.05, 3.63) is 65.5 Å². The van der Waals surface area contributed by atoms with Crippen molar-refractivity contribution < 1.29 is 26.4 Å². The summed E-state index contributed by atoms with van der Waals surface area (Å²) in [6.07, 6.45) is 0. The van der Waals surface area contributed by atoms with Crippen LogP contribution in [0.3, 0.4) is 0 Å². The summed E-state index contributed by atoms with van der Waals surface area (Å²) >= 11 is 0. The molecule has 4 nitrogen and oxygen atoms in total. The SMILES string of the molecule is CC(C)[C@@H](NC(=O)c1ccc(S(=O)(=O)C(F)F)cc1)c1ccc(F)cc1. The quantitative estimate of drug-likeness (QED) is 0.819. The molecule has 1 amide bonds. The molecule has 0 heterocycles. The molecule has 140 valence electrons. The number of carbonyl (C=O) groups is 1. The molecule has 0 aliphatic carbocycles. The van der Waals surface area contributed by atoms with Crippen LogP contribution in [-0.4, -0.2) is 20.1 Å². The first-order chi connectivity index (χ1) is 12.1. The van der Waals surface area contributed by atoms with E-state index in [-0.39, 0.29) is 11.5 Å². The van der Waals surface area contributed by atoms with Crippen molar-refractivity contribution in [2.24, 2.45) is 5.92 Å². The largest absolute Gasteiger partial charge is 0.345 e. The van der Waals surface area contributed by atoms with E-state index < -0.39 is 38.3 Å². The van der Waals surface area contributed by atoms with Crippen molar-refractivity contribution in [3.8, 4) is 0 Å². The number of sulfone groups is 1. The Hall–Kier alpha value is -2.35. The highest BCUT2D eigenvalue weighted by Crippen LogP contribution is 2.23. The molecule has 1 atom stereocenters. The van der Waals surface area contributed by atoms with E-state index >= 15 is 0 Å². The van der Waals surface area contributed by atoms with E-state index in [0.29, 0.717) is 5.56 Å². The molecule has 0 fully saturated rings. The van der Waals surface area contributed by atoms with Crippen LogP contribution in [0.2, 0.25) is 0 Å². The molecule has 0 saturated heterocycles. The second-order valence-electron chi connectivity index (χ2n) is 6.08. The molecular formula is C18H18F3NO3S. The van der Waals surface area contributed by atoms with Gasteiger partial charge in [0.2, 0.25) is 9.84 Å². The van der Waals surface area contributed by atoms with Crippen LogP contribution in [0.1, 0.15) is 35.8 Å². The predicted octanol–water partition coefficient (Wildman–Crippen LogP) is 3.95. The number of nitrogens with one attached hydrogen (secondary N) is 1. The van der Waals surface area contributed by atoms with Gasteiger partial charge in [-0.3, -0.25) is 4.79 Å². The second kappa shape index (κ2) is 7.90. The van der Waals surface area contributed by atoms with Gasteiger partial charge in [-0.1, -0.05) is 26.0 Å². The van der Waals surface area contributed by atoms with E-state index in [1.54, 1.807) is 12.1 Å². The summed E-state index contributed by atoms with van der Waals surface area (Å²) in [5.41, 5.74) is 0.845. The highest BCUT2D eigenvalue weighted by molar-refractivity contribution is 7.91. The van der Waals surface area contributed by atoms with Crippen molar-refractivity contribution in [2.75, 3.05) is 0 Å². The standard InChI is InChI=1S/C18H18F3NO3S/c1-11(2)16(12-3-7-14(19)8-4-12)22-17(23)13-5-9-15(10-6-13)26(24,25)18(20)21/h3-11,16,18H,1-2H3,(H,22,23)/t16-/m1/s1. The molecule has 2 rings (SSSR count). The molecule has 0 bridgehead atoms. The topological polar surface area (TPSA) is 63.2 Å². The first-order valence-electron chi connectivity index (χ1n) is 7.81. The third-order valence-corrected chi connectivity index (χ3v) is 5.26. The van der Waals surface area contributed by atoms with E-state index in [2.05, 4.69) is 5.32 Å². The lowest BCUT2D eigenvalue weighted by molar-refractivity contribution is 0.0925. The fraction of sp³-hybridized carbons (Fsp3) is 0.278. The van der Waals surface area contributed by atoms with Gasteiger partial charge >= 0.3 is 5.76 Å². The van der Waals surface area contributed by atoms with Gasteiger partial charge in [-0.2, -0.15) is 8.78 Å². The zero-order chi connectivity index (χ0) is 19.5. The van der Waals surface area contributed by atoms with E-state index in [1.165, 1.54) is 24.3 Å². The fourth-order valence-corrected chi connectivity index (χ4v) is 3.15. The van der Waals surface area contributed by atoms with Crippen LogP contribution in [0.15, 0.2) is 53.4 Å². The van der Waals surface area contributed by atoms with Gasteiger partial charge in [-0.25, -0.2) is 12.8 Å². The van der Waals surface area contributed by atoms with E-state index in [9.17, 15) is 26.4 Å². The molecule has 26 heavy (non-hydrogen) atoms. The van der Waals surface area contributed by atoms with Crippen LogP contribution in [0.5, 0.6) is 0 Å². The maximum atomic E-state index is 13.1. The highest BCUT2D eigenvalue weighted by Gasteiger charge is 2.27. The number of benzene rings is 2. The third kappa shape index (κ3) is 4.43. The van der Waals surface area contributed by atoms with Crippen LogP contribution >= 0.6 is 0 Å². The number of rotatable bonds is 6. The monoisotopic (exact) mass is 385 g/mol. The summed E-state index contributed by atoms with van der Waals surface area (Å²) in [4.78, 5) is 11.9. The molecule has 0 aliphatic heterocycles. The maximum Gasteiger partial charge on any atom is 0.341 e. The average Bonchev–Trinajstić information content (AvgIpc) is 2.60. The molecule has 0 radical (unpaired) electrons. The minimum atomic E-state index is -4.70. The molecule has 0 spiro atoms. The van der Waals surface area contributed by atoms with Crippen LogP contribution < -0.4 is 5.32 Å². The van der Waals surface area contributed by atoms with Gasteiger partial charge in [0.05, 0.1) is 10.9 Å². The van der Waals surface area contributed by atoms with Crippen molar-refractivity contribution in [1.82, 2.24) is 5.32 Å². The van der Waals surface area contributed by atoms with Gasteiger partial charge in [0, 0.05) is 5.56 Å². The highest BCUT2D eigenvalue weighted by atomic mass is 32.2. The number of hydrogen-bond donors (Lipinski definition) is 1. The van der Waals surface area contributed by atoms with E-state index in [1.807, 2.05) is 13.8 Å². The van der Waals surface area contributed by atoms with Gasteiger partial charge in [-0.15, -0.1) is 0 Å². The number of hydrogen-bond acceptors (Lipinski definition) is 3. The molecule has 0 aliphatic rings. The smallest absolute Gasteiger partial charge is 0.341 e. The molecule has 8 heteroatoms. The number of alkyl halides is 2. The summed E-state index contributed by atoms with van der Waals surface area (Å²) in [6, 6.07) is 9.61. The van der Waals surface area contributed by atoms with Crippen LogP contribution in [0.25, 0.3) is 0 Å². The lowest BCUT2D eigenvalue weighted by Crippen LogP contribution is -2.31. The van der Waals surface area contributed by atoms with E-state index in [4.69, 9.17) is 0 Å². The van der Waals surface area contributed by atoms with Gasteiger partial charge in [0.15, 0.2) is 0 Å². The molecule has 0 unspecified atom stereocenters. The Labute approximate surface area is 150 Å². The summed E-state index contributed by atoms with van der Waals surface area (Å²) < 4.78 is 61.0. The Morgan fingerprint density at radius 1 is 0.962 bits per heavy atom. The van der Waals surface area contributed by atoms with Crippen molar-refractivity contribution in [1.29, 1.82) is 0 Å². The first kappa shape index (κ1) is 20.0. The lowest BCUT2D eigenvalue weighted by Gasteiger charge is -2.23. The zero-order valence-corrected chi connectivity index (χ0v) is 14.9. The molecule has 0 aromatic heterocycles. The lowest BCUT2D eigenvalue weighted by atomic mass is 9.95. The minimum absolute atomic E-state index is 0.00268. The Morgan fingerprint density at radius 3 is 1.96 bits per heavy atom. The van der Waals surface area contributed by atoms with Crippen molar-refractivity contribution in [3.63, 3.8) is 0 Å².